The summed E-state index contributed by atoms with van der Waals surface area (Å²) < 4.78 is 5.64. The predicted octanol–water partition coefficient (Wildman–Crippen LogP) is 2.50. The van der Waals surface area contributed by atoms with Gasteiger partial charge in [0.2, 0.25) is 0 Å². The zero-order valence-electron chi connectivity index (χ0n) is 9.51. The fourth-order valence-corrected chi connectivity index (χ4v) is 2.10. The largest absolute Gasteiger partial charge is 0.378 e. The van der Waals surface area contributed by atoms with Gasteiger partial charge in [0.1, 0.15) is 0 Å². The highest BCUT2D eigenvalue weighted by Crippen LogP contribution is 2.19. The second-order valence-corrected chi connectivity index (χ2v) is 4.29. The molecule has 0 spiro atoms. The van der Waals surface area contributed by atoms with Crippen molar-refractivity contribution in [2.75, 3.05) is 13.2 Å². The Bertz CT molecular complexity index is 173. The van der Waals surface area contributed by atoms with Gasteiger partial charge in [-0.05, 0) is 39.2 Å². The lowest BCUT2D eigenvalue weighted by Gasteiger charge is -2.21. The van der Waals surface area contributed by atoms with Crippen LogP contribution < -0.4 is 5.32 Å². The summed E-state index contributed by atoms with van der Waals surface area (Å²) in [6.07, 6.45) is 5.17. The maximum atomic E-state index is 5.64. The zero-order valence-corrected chi connectivity index (χ0v) is 9.51. The van der Waals surface area contributed by atoms with Crippen LogP contribution in [0, 0.1) is 0 Å². The zero-order chi connectivity index (χ0) is 10.4. The van der Waals surface area contributed by atoms with Gasteiger partial charge in [-0.15, -0.1) is 6.58 Å². The molecule has 0 bridgehead atoms. The fourth-order valence-electron chi connectivity index (χ4n) is 2.10. The Morgan fingerprint density at radius 3 is 2.93 bits per heavy atom. The van der Waals surface area contributed by atoms with Gasteiger partial charge in [0.15, 0.2) is 0 Å². The van der Waals surface area contributed by atoms with Gasteiger partial charge in [-0.25, -0.2) is 0 Å². The molecule has 1 saturated heterocycles. The summed E-state index contributed by atoms with van der Waals surface area (Å²) in [4.78, 5) is 0. The normalized spacial score (nSPS) is 23.7. The van der Waals surface area contributed by atoms with Gasteiger partial charge >= 0.3 is 0 Å². The molecule has 14 heavy (non-hydrogen) atoms. The van der Waals surface area contributed by atoms with Crippen LogP contribution in [-0.4, -0.2) is 25.3 Å². The van der Waals surface area contributed by atoms with E-state index in [2.05, 4.69) is 25.7 Å². The van der Waals surface area contributed by atoms with Crippen LogP contribution in [0.5, 0.6) is 0 Å². The highest BCUT2D eigenvalue weighted by atomic mass is 16.5. The molecule has 1 heterocycles. The van der Waals surface area contributed by atoms with Crippen LogP contribution in [0.4, 0.5) is 0 Å². The van der Waals surface area contributed by atoms with E-state index in [1.807, 2.05) is 0 Å². The van der Waals surface area contributed by atoms with Gasteiger partial charge in [-0.3, -0.25) is 0 Å². The van der Waals surface area contributed by atoms with Crippen LogP contribution in [-0.2, 0) is 4.74 Å². The first-order valence-electron chi connectivity index (χ1n) is 5.71. The molecule has 1 aliphatic heterocycles. The Kier molecular flexibility index (Phi) is 5.20. The second-order valence-electron chi connectivity index (χ2n) is 4.29. The van der Waals surface area contributed by atoms with Crippen LogP contribution in [0.2, 0.25) is 0 Å². The third-order valence-electron chi connectivity index (χ3n) is 2.66. The summed E-state index contributed by atoms with van der Waals surface area (Å²) in [5, 5.41) is 3.50. The quantitative estimate of drug-likeness (QED) is 0.661. The molecule has 1 fully saturated rings. The molecule has 1 aliphatic rings. The van der Waals surface area contributed by atoms with E-state index < -0.39 is 0 Å². The van der Waals surface area contributed by atoms with E-state index in [0.717, 1.165) is 26.0 Å². The summed E-state index contributed by atoms with van der Waals surface area (Å²) in [7, 11) is 0. The number of rotatable bonds is 6. The third-order valence-corrected chi connectivity index (χ3v) is 2.66. The molecule has 0 amide bonds. The summed E-state index contributed by atoms with van der Waals surface area (Å²) in [6, 6.07) is 0.556. The first-order chi connectivity index (χ1) is 6.72. The topological polar surface area (TPSA) is 21.3 Å². The molecule has 0 aliphatic carbocycles. The standard InChI is InChI=1S/C12H23NO/c1-4-13-11(8-10(2)3)9-12-6-5-7-14-12/h11-13H,2,4-9H2,1,3H3. The molecule has 0 saturated carbocycles. The van der Waals surface area contributed by atoms with E-state index in [0.29, 0.717) is 12.1 Å². The van der Waals surface area contributed by atoms with Gasteiger partial charge in [-0.2, -0.15) is 0 Å². The third kappa shape index (κ3) is 4.25. The van der Waals surface area contributed by atoms with Crippen LogP contribution in [0.3, 0.4) is 0 Å². The lowest BCUT2D eigenvalue weighted by molar-refractivity contribution is 0.0948. The van der Waals surface area contributed by atoms with E-state index in [1.54, 1.807) is 0 Å². The summed E-state index contributed by atoms with van der Waals surface area (Å²) in [6.45, 7) is 10.2. The van der Waals surface area contributed by atoms with Crippen molar-refractivity contribution in [3.8, 4) is 0 Å². The first-order valence-corrected chi connectivity index (χ1v) is 5.71. The fraction of sp³-hybridized carbons (Fsp3) is 0.833. The molecular weight excluding hydrogens is 174 g/mol. The van der Waals surface area contributed by atoms with Crippen LogP contribution in [0.25, 0.3) is 0 Å². The molecule has 1 N–H and O–H groups in total. The Labute approximate surface area is 87.7 Å². The molecule has 0 aromatic heterocycles. The molecular formula is C12H23NO. The van der Waals surface area contributed by atoms with E-state index in [-0.39, 0.29) is 0 Å². The van der Waals surface area contributed by atoms with E-state index in [4.69, 9.17) is 4.74 Å². The highest BCUT2D eigenvalue weighted by Gasteiger charge is 2.20. The summed E-state index contributed by atoms with van der Waals surface area (Å²) in [5.74, 6) is 0. The number of hydrogen-bond donors (Lipinski definition) is 1. The average molecular weight is 197 g/mol. The summed E-state index contributed by atoms with van der Waals surface area (Å²) >= 11 is 0. The molecule has 0 radical (unpaired) electrons. The Morgan fingerprint density at radius 1 is 1.64 bits per heavy atom. The first kappa shape index (κ1) is 11.7. The van der Waals surface area contributed by atoms with Crippen molar-refractivity contribution in [3.05, 3.63) is 12.2 Å². The van der Waals surface area contributed by atoms with Gasteiger partial charge < -0.3 is 10.1 Å². The minimum atomic E-state index is 0.485. The molecule has 82 valence electrons. The van der Waals surface area contributed by atoms with Crippen LogP contribution in [0.1, 0.15) is 39.5 Å². The van der Waals surface area contributed by atoms with Gasteiger partial charge in [0.05, 0.1) is 6.10 Å². The number of ether oxygens (including phenoxy) is 1. The van der Waals surface area contributed by atoms with Gasteiger partial charge in [0.25, 0.3) is 0 Å². The van der Waals surface area contributed by atoms with Crippen molar-refractivity contribution >= 4 is 0 Å². The SMILES string of the molecule is C=C(C)CC(CC1CCCO1)NCC. The molecule has 2 atom stereocenters. The second kappa shape index (κ2) is 6.20. The van der Waals surface area contributed by atoms with E-state index in [9.17, 15) is 0 Å². The van der Waals surface area contributed by atoms with Crippen LogP contribution >= 0.6 is 0 Å². The monoisotopic (exact) mass is 197 g/mol. The minimum Gasteiger partial charge on any atom is -0.378 e. The minimum absolute atomic E-state index is 0.485. The Hall–Kier alpha value is -0.340. The molecule has 2 unspecified atom stereocenters. The molecule has 2 nitrogen and oxygen atoms in total. The van der Waals surface area contributed by atoms with E-state index in [1.165, 1.54) is 18.4 Å². The van der Waals surface area contributed by atoms with Gasteiger partial charge in [-0.1, -0.05) is 12.5 Å². The van der Waals surface area contributed by atoms with Crippen molar-refractivity contribution in [1.82, 2.24) is 5.32 Å². The molecule has 0 aromatic rings. The lowest BCUT2D eigenvalue weighted by atomic mass is 10.0. The molecule has 0 aromatic carbocycles. The summed E-state index contributed by atoms with van der Waals surface area (Å²) in [5.41, 5.74) is 1.26. The highest BCUT2D eigenvalue weighted by molar-refractivity contribution is 4.93. The van der Waals surface area contributed by atoms with Crippen molar-refractivity contribution in [3.63, 3.8) is 0 Å². The smallest absolute Gasteiger partial charge is 0.0590 e. The maximum absolute atomic E-state index is 5.64. The predicted molar refractivity (Wildman–Crippen MR) is 60.5 cm³/mol. The maximum Gasteiger partial charge on any atom is 0.0590 e. The van der Waals surface area contributed by atoms with E-state index >= 15 is 0 Å². The average Bonchev–Trinajstić information content (AvgIpc) is 2.56. The van der Waals surface area contributed by atoms with Crippen molar-refractivity contribution in [1.29, 1.82) is 0 Å². The molecule has 2 heteroatoms. The Balaban J connectivity index is 2.29. The number of nitrogens with one attached hydrogen (secondary N) is 1. The Morgan fingerprint density at radius 2 is 2.43 bits per heavy atom. The van der Waals surface area contributed by atoms with Crippen molar-refractivity contribution in [2.24, 2.45) is 0 Å². The van der Waals surface area contributed by atoms with Crippen molar-refractivity contribution in [2.45, 2.75) is 51.7 Å². The van der Waals surface area contributed by atoms with Crippen molar-refractivity contribution < 1.29 is 4.74 Å². The van der Waals surface area contributed by atoms with Crippen LogP contribution in [0.15, 0.2) is 12.2 Å². The van der Waals surface area contributed by atoms with Gasteiger partial charge in [0, 0.05) is 12.6 Å². The molecule has 1 rings (SSSR count). The number of hydrogen-bond acceptors (Lipinski definition) is 2. The lowest BCUT2D eigenvalue weighted by Crippen LogP contribution is -2.32.